The van der Waals surface area contributed by atoms with E-state index in [0.717, 1.165) is 0 Å². The molecule has 0 amide bonds. The highest BCUT2D eigenvalue weighted by atomic mass is 35.5. The predicted octanol–water partition coefficient (Wildman–Crippen LogP) is 1.61. The van der Waals surface area contributed by atoms with Gasteiger partial charge in [-0.2, -0.15) is 0 Å². The fourth-order valence-corrected chi connectivity index (χ4v) is 2.15. The molecular weight excluding hydrogens is 290 g/mol. The molecule has 0 atom stereocenters. The first-order valence-corrected chi connectivity index (χ1v) is 7.04. The van der Waals surface area contributed by atoms with Crippen LogP contribution in [0.4, 0.5) is 0 Å². The number of hydrogen-bond acceptors (Lipinski definition) is 5. The fraction of sp³-hybridized carbons (Fsp3) is 0.462. The molecule has 2 aromatic rings. The normalized spacial score (nSPS) is 20.0. The van der Waals surface area contributed by atoms with Crippen molar-refractivity contribution >= 4 is 24.3 Å². The Morgan fingerprint density at radius 2 is 1.81 bits per heavy atom. The van der Waals surface area contributed by atoms with Crippen molar-refractivity contribution in [3.8, 4) is 5.82 Å². The number of rotatable bonds is 2. The molecule has 8 heteroatoms. The van der Waals surface area contributed by atoms with Gasteiger partial charge in [0.15, 0.2) is 5.82 Å². The van der Waals surface area contributed by atoms with Gasteiger partial charge >= 0.3 is 7.12 Å². The minimum absolute atomic E-state index is 0.332. The quantitative estimate of drug-likeness (QED) is 0.789. The summed E-state index contributed by atoms with van der Waals surface area (Å²) >= 11 is 5.85. The summed E-state index contributed by atoms with van der Waals surface area (Å²) in [7, 11) is -0.497. The molecule has 0 unspecified atom stereocenters. The molecule has 21 heavy (non-hydrogen) atoms. The summed E-state index contributed by atoms with van der Waals surface area (Å²) in [5.74, 6) is 0.595. The van der Waals surface area contributed by atoms with Gasteiger partial charge in [0.25, 0.3) is 0 Å². The van der Waals surface area contributed by atoms with Crippen molar-refractivity contribution < 1.29 is 9.31 Å². The van der Waals surface area contributed by atoms with E-state index in [1.54, 1.807) is 17.1 Å². The number of aromatic nitrogens is 4. The Labute approximate surface area is 128 Å². The molecule has 0 radical (unpaired) electrons. The number of nitrogens with zero attached hydrogens (tertiary/aromatic N) is 4. The maximum Gasteiger partial charge on any atom is 0.516 e. The van der Waals surface area contributed by atoms with Crippen LogP contribution in [0.25, 0.3) is 5.82 Å². The van der Waals surface area contributed by atoms with Gasteiger partial charge in [-0.1, -0.05) is 11.6 Å². The van der Waals surface area contributed by atoms with E-state index in [1.807, 2.05) is 33.9 Å². The van der Waals surface area contributed by atoms with Crippen molar-refractivity contribution in [3.63, 3.8) is 0 Å². The summed E-state index contributed by atoms with van der Waals surface area (Å²) in [5, 5.41) is 0.332. The third-order valence-corrected chi connectivity index (χ3v) is 4.14. The molecule has 6 nitrogen and oxygen atoms in total. The molecular formula is C13H16BClN4O2. The third-order valence-electron chi connectivity index (χ3n) is 3.95. The van der Waals surface area contributed by atoms with Gasteiger partial charge in [0.2, 0.25) is 0 Å². The summed E-state index contributed by atoms with van der Waals surface area (Å²) < 4.78 is 13.7. The van der Waals surface area contributed by atoms with Crippen molar-refractivity contribution in [2.75, 3.05) is 0 Å². The van der Waals surface area contributed by atoms with Gasteiger partial charge in [-0.05, 0) is 27.7 Å². The minimum Gasteiger partial charge on any atom is -0.398 e. The fourth-order valence-electron chi connectivity index (χ4n) is 2.01. The lowest BCUT2D eigenvalue weighted by molar-refractivity contribution is 0.00578. The molecule has 110 valence electrons. The topological polar surface area (TPSA) is 62.1 Å². The van der Waals surface area contributed by atoms with Crippen molar-refractivity contribution in [2.24, 2.45) is 0 Å². The zero-order valence-electron chi connectivity index (χ0n) is 12.4. The summed E-state index contributed by atoms with van der Waals surface area (Å²) in [6, 6.07) is 0. The van der Waals surface area contributed by atoms with Crippen LogP contribution in [0.5, 0.6) is 0 Å². The first-order chi connectivity index (χ1) is 9.78. The van der Waals surface area contributed by atoms with Gasteiger partial charge in [0.1, 0.15) is 5.15 Å². The maximum atomic E-state index is 5.96. The van der Waals surface area contributed by atoms with Crippen LogP contribution in [0.2, 0.25) is 5.15 Å². The van der Waals surface area contributed by atoms with E-state index >= 15 is 0 Å². The lowest BCUT2D eigenvalue weighted by Crippen LogP contribution is -2.41. The van der Waals surface area contributed by atoms with Crippen molar-refractivity contribution in [1.29, 1.82) is 0 Å². The zero-order valence-corrected chi connectivity index (χ0v) is 13.1. The average molecular weight is 307 g/mol. The SMILES string of the molecule is CC1(C)OB(c2cn(-c3cncc(Cl)n3)cn2)OC1(C)C. The molecule has 0 bridgehead atoms. The lowest BCUT2D eigenvalue weighted by Gasteiger charge is -2.32. The second-order valence-corrected chi connectivity index (χ2v) is 6.38. The lowest BCUT2D eigenvalue weighted by atomic mass is 9.86. The van der Waals surface area contributed by atoms with Gasteiger partial charge in [0.05, 0.1) is 35.5 Å². The van der Waals surface area contributed by atoms with Crippen LogP contribution in [-0.2, 0) is 9.31 Å². The van der Waals surface area contributed by atoms with Crippen LogP contribution in [0.1, 0.15) is 27.7 Å². The standard InChI is InChI=1S/C13H16BClN4O2/c1-12(2)13(3,4)21-14(20-12)9-7-19(8-17-9)11-6-16-5-10(15)18-11/h5-8H,1-4H3. The van der Waals surface area contributed by atoms with E-state index in [0.29, 0.717) is 16.6 Å². The molecule has 0 aliphatic carbocycles. The highest BCUT2D eigenvalue weighted by molar-refractivity contribution is 6.61. The Hall–Kier alpha value is -1.44. The minimum atomic E-state index is -0.497. The Kier molecular flexibility index (Phi) is 3.31. The average Bonchev–Trinajstić information content (AvgIpc) is 2.93. The monoisotopic (exact) mass is 306 g/mol. The summed E-state index contributed by atoms with van der Waals surface area (Å²) in [4.78, 5) is 12.5. The van der Waals surface area contributed by atoms with E-state index in [9.17, 15) is 0 Å². The van der Waals surface area contributed by atoms with Crippen LogP contribution in [0, 0.1) is 0 Å². The van der Waals surface area contributed by atoms with E-state index in [4.69, 9.17) is 20.9 Å². The molecule has 1 aliphatic rings. The molecule has 0 N–H and O–H groups in total. The molecule has 1 aliphatic heterocycles. The molecule has 1 fully saturated rings. The first kappa shape index (κ1) is 14.5. The largest absolute Gasteiger partial charge is 0.516 e. The summed E-state index contributed by atoms with van der Waals surface area (Å²) in [6.07, 6.45) is 6.54. The van der Waals surface area contributed by atoms with E-state index < -0.39 is 18.3 Å². The van der Waals surface area contributed by atoms with Crippen LogP contribution >= 0.6 is 11.6 Å². The van der Waals surface area contributed by atoms with Crippen LogP contribution in [-0.4, -0.2) is 37.8 Å². The highest BCUT2D eigenvalue weighted by Gasteiger charge is 2.52. The van der Waals surface area contributed by atoms with E-state index in [-0.39, 0.29) is 0 Å². The van der Waals surface area contributed by atoms with Gasteiger partial charge in [-0.15, -0.1) is 0 Å². The van der Waals surface area contributed by atoms with Crippen LogP contribution in [0.3, 0.4) is 0 Å². The van der Waals surface area contributed by atoms with Gasteiger partial charge in [-0.3, -0.25) is 9.55 Å². The third kappa shape index (κ3) is 2.56. The second-order valence-electron chi connectivity index (χ2n) is 5.99. The number of imidazole rings is 1. The smallest absolute Gasteiger partial charge is 0.398 e. The maximum absolute atomic E-state index is 5.96. The molecule has 2 aromatic heterocycles. The van der Waals surface area contributed by atoms with Gasteiger partial charge < -0.3 is 9.31 Å². The number of halogens is 1. The summed E-state index contributed by atoms with van der Waals surface area (Å²) in [5.41, 5.74) is -0.0929. The number of hydrogen-bond donors (Lipinski definition) is 0. The Bertz CT molecular complexity index is 658. The van der Waals surface area contributed by atoms with E-state index in [2.05, 4.69) is 15.0 Å². The molecule has 0 saturated carbocycles. The van der Waals surface area contributed by atoms with Crippen LogP contribution < -0.4 is 5.59 Å². The highest BCUT2D eigenvalue weighted by Crippen LogP contribution is 2.36. The Morgan fingerprint density at radius 1 is 1.14 bits per heavy atom. The molecule has 0 aromatic carbocycles. The first-order valence-electron chi connectivity index (χ1n) is 6.66. The van der Waals surface area contributed by atoms with Gasteiger partial charge in [-0.25, -0.2) is 9.97 Å². The van der Waals surface area contributed by atoms with E-state index in [1.165, 1.54) is 6.20 Å². The second kappa shape index (κ2) is 4.79. The Morgan fingerprint density at radius 3 is 2.43 bits per heavy atom. The summed E-state index contributed by atoms with van der Waals surface area (Å²) in [6.45, 7) is 8.03. The van der Waals surface area contributed by atoms with Crippen molar-refractivity contribution in [3.05, 3.63) is 30.1 Å². The Balaban J connectivity index is 1.87. The van der Waals surface area contributed by atoms with Crippen molar-refractivity contribution in [2.45, 2.75) is 38.9 Å². The van der Waals surface area contributed by atoms with Crippen molar-refractivity contribution in [1.82, 2.24) is 19.5 Å². The molecule has 0 spiro atoms. The molecule has 3 rings (SSSR count). The molecule has 1 saturated heterocycles. The molecule has 3 heterocycles. The van der Waals surface area contributed by atoms with Crippen LogP contribution in [0.15, 0.2) is 24.9 Å². The zero-order chi connectivity index (χ0) is 15.3. The predicted molar refractivity (Wildman–Crippen MR) is 79.9 cm³/mol. The van der Waals surface area contributed by atoms with Gasteiger partial charge in [0, 0.05) is 6.20 Å².